The summed E-state index contributed by atoms with van der Waals surface area (Å²) in [5.74, 6) is -0.250. The van der Waals surface area contributed by atoms with Gasteiger partial charge >= 0.3 is 0 Å². The van der Waals surface area contributed by atoms with Gasteiger partial charge in [-0.15, -0.1) is 5.10 Å². The van der Waals surface area contributed by atoms with Gasteiger partial charge in [-0.2, -0.15) is 0 Å². The van der Waals surface area contributed by atoms with E-state index in [1.165, 1.54) is 17.7 Å². The topological polar surface area (TPSA) is 42.7 Å². The fourth-order valence-electron chi connectivity index (χ4n) is 1.99. The van der Waals surface area contributed by atoms with Crippen LogP contribution < -0.4 is 5.32 Å². The van der Waals surface area contributed by atoms with Gasteiger partial charge in [0.15, 0.2) is 0 Å². The summed E-state index contributed by atoms with van der Waals surface area (Å²) in [5.41, 5.74) is 2.91. The Bertz CT molecular complexity index is 571. The van der Waals surface area contributed by atoms with Crippen molar-refractivity contribution >= 4 is 5.57 Å². The van der Waals surface area contributed by atoms with Crippen LogP contribution in [0.2, 0.25) is 0 Å². The van der Waals surface area contributed by atoms with Gasteiger partial charge in [0, 0.05) is 6.54 Å². The number of aromatic nitrogens is 3. The SMILES string of the molecule is Fc1ccc(-n2cc(C3=CCNCC3)nn2)cc1. The highest BCUT2D eigenvalue weighted by Gasteiger charge is 2.10. The first kappa shape index (κ1) is 11.1. The molecule has 0 saturated heterocycles. The van der Waals surface area contributed by atoms with Gasteiger partial charge in [0.1, 0.15) is 11.5 Å². The molecule has 4 nitrogen and oxygen atoms in total. The zero-order valence-electron chi connectivity index (χ0n) is 9.81. The first-order valence-electron chi connectivity index (χ1n) is 5.91. The lowest BCUT2D eigenvalue weighted by atomic mass is 10.1. The quantitative estimate of drug-likeness (QED) is 0.875. The van der Waals surface area contributed by atoms with Crippen LogP contribution in [0.4, 0.5) is 4.39 Å². The van der Waals surface area contributed by atoms with Crippen molar-refractivity contribution < 1.29 is 4.39 Å². The lowest BCUT2D eigenvalue weighted by Gasteiger charge is -2.10. The zero-order chi connectivity index (χ0) is 12.4. The van der Waals surface area contributed by atoms with Crippen molar-refractivity contribution in [3.05, 3.63) is 48.0 Å². The van der Waals surface area contributed by atoms with Gasteiger partial charge in [-0.25, -0.2) is 9.07 Å². The van der Waals surface area contributed by atoms with Gasteiger partial charge in [-0.1, -0.05) is 11.3 Å². The summed E-state index contributed by atoms with van der Waals surface area (Å²) in [5, 5.41) is 11.5. The molecule has 2 aromatic rings. The number of benzene rings is 1. The third-order valence-electron chi connectivity index (χ3n) is 2.98. The molecule has 0 unspecified atom stereocenters. The largest absolute Gasteiger partial charge is 0.313 e. The van der Waals surface area contributed by atoms with Crippen LogP contribution in [-0.2, 0) is 0 Å². The lowest BCUT2D eigenvalue weighted by molar-refractivity contribution is 0.626. The molecular formula is C13H13FN4. The second-order valence-corrected chi connectivity index (χ2v) is 4.21. The second-order valence-electron chi connectivity index (χ2n) is 4.21. The Kier molecular flexibility index (Phi) is 2.90. The summed E-state index contributed by atoms with van der Waals surface area (Å²) >= 11 is 0. The molecular weight excluding hydrogens is 231 g/mol. The maximum atomic E-state index is 12.8. The van der Waals surface area contributed by atoms with Crippen LogP contribution in [0.25, 0.3) is 11.3 Å². The Hall–Kier alpha value is -2.01. The van der Waals surface area contributed by atoms with E-state index in [9.17, 15) is 4.39 Å². The standard InChI is InChI=1S/C13H13FN4/c14-11-1-3-12(4-2-11)18-9-13(16-17-18)10-5-7-15-8-6-10/h1-5,9,15H,6-8H2. The Morgan fingerprint density at radius 1 is 1.22 bits per heavy atom. The van der Waals surface area contributed by atoms with Crippen molar-refractivity contribution in [3.8, 4) is 5.69 Å². The predicted octanol–water partition coefficient (Wildman–Crippen LogP) is 1.78. The lowest BCUT2D eigenvalue weighted by Crippen LogP contribution is -2.20. The Balaban J connectivity index is 1.89. The Morgan fingerprint density at radius 3 is 2.78 bits per heavy atom. The number of hydrogen-bond donors (Lipinski definition) is 1. The van der Waals surface area contributed by atoms with E-state index in [1.807, 2.05) is 6.20 Å². The first-order valence-corrected chi connectivity index (χ1v) is 5.91. The third-order valence-corrected chi connectivity index (χ3v) is 2.98. The maximum Gasteiger partial charge on any atom is 0.123 e. The predicted molar refractivity (Wildman–Crippen MR) is 66.8 cm³/mol. The van der Waals surface area contributed by atoms with E-state index in [2.05, 4.69) is 21.7 Å². The molecule has 1 aromatic carbocycles. The fourth-order valence-corrected chi connectivity index (χ4v) is 1.99. The third kappa shape index (κ3) is 2.17. The average molecular weight is 244 g/mol. The van der Waals surface area contributed by atoms with Crippen LogP contribution in [0.15, 0.2) is 36.5 Å². The normalized spacial score (nSPS) is 15.5. The van der Waals surface area contributed by atoms with Gasteiger partial charge in [-0.05, 0) is 42.8 Å². The van der Waals surface area contributed by atoms with Crippen molar-refractivity contribution in [1.29, 1.82) is 0 Å². The molecule has 1 N–H and O–H groups in total. The summed E-state index contributed by atoms with van der Waals surface area (Å²) in [6, 6.07) is 6.20. The highest BCUT2D eigenvalue weighted by molar-refractivity contribution is 5.63. The van der Waals surface area contributed by atoms with Crippen molar-refractivity contribution in [2.24, 2.45) is 0 Å². The number of halogens is 1. The summed E-state index contributed by atoms with van der Waals surface area (Å²) in [4.78, 5) is 0. The molecule has 0 fully saturated rings. The molecule has 0 saturated carbocycles. The molecule has 0 atom stereocenters. The van der Waals surface area contributed by atoms with E-state index in [4.69, 9.17) is 0 Å². The van der Waals surface area contributed by atoms with Crippen molar-refractivity contribution in [1.82, 2.24) is 20.3 Å². The van der Waals surface area contributed by atoms with E-state index >= 15 is 0 Å². The Labute approximate surface area is 104 Å². The molecule has 2 heterocycles. The maximum absolute atomic E-state index is 12.8. The van der Waals surface area contributed by atoms with Crippen LogP contribution in [-0.4, -0.2) is 28.1 Å². The van der Waals surface area contributed by atoms with Crippen molar-refractivity contribution in [3.63, 3.8) is 0 Å². The minimum Gasteiger partial charge on any atom is -0.313 e. The van der Waals surface area contributed by atoms with Crippen LogP contribution >= 0.6 is 0 Å². The summed E-state index contributed by atoms with van der Waals surface area (Å²) < 4.78 is 14.5. The fraction of sp³-hybridized carbons (Fsp3) is 0.231. The number of rotatable bonds is 2. The molecule has 0 amide bonds. The van der Waals surface area contributed by atoms with Gasteiger partial charge in [0.2, 0.25) is 0 Å². The molecule has 1 aliphatic heterocycles. The van der Waals surface area contributed by atoms with Crippen LogP contribution in [0.3, 0.4) is 0 Å². The minimum atomic E-state index is -0.250. The van der Waals surface area contributed by atoms with Gasteiger partial charge in [0.05, 0.1) is 11.9 Å². The summed E-state index contributed by atoms with van der Waals surface area (Å²) in [6.07, 6.45) is 4.97. The van der Waals surface area contributed by atoms with Gasteiger partial charge in [-0.3, -0.25) is 0 Å². The zero-order valence-corrected chi connectivity index (χ0v) is 9.81. The highest BCUT2D eigenvalue weighted by atomic mass is 19.1. The molecule has 18 heavy (non-hydrogen) atoms. The molecule has 5 heteroatoms. The van der Waals surface area contributed by atoms with Gasteiger partial charge in [0.25, 0.3) is 0 Å². The second kappa shape index (κ2) is 4.70. The van der Waals surface area contributed by atoms with Crippen molar-refractivity contribution in [2.75, 3.05) is 13.1 Å². The summed E-state index contributed by atoms with van der Waals surface area (Å²) in [7, 11) is 0. The number of nitrogens with one attached hydrogen (secondary N) is 1. The number of nitrogens with zero attached hydrogens (tertiary/aromatic N) is 3. The van der Waals surface area contributed by atoms with E-state index in [0.717, 1.165) is 30.9 Å². The summed E-state index contributed by atoms with van der Waals surface area (Å²) in [6.45, 7) is 1.84. The molecule has 92 valence electrons. The van der Waals surface area contributed by atoms with Crippen LogP contribution in [0, 0.1) is 5.82 Å². The highest BCUT2D eigenvalue weighted by Crippen LogP contribution is 2.18. The molecule has 3 rings (SSSR count). The first-order chi connectivity index (χ1) is 8.83. The molecule has 0 radical (unpaired) electrons. The van der Waals surface area contributed by atoms with Gasteiger partial charge < -0.3 is 5.32 Å². The smallest absolute Gasteiger partial charge is 0.123 e. The average Bonchev–Trinajstić information content (AvgIpc) is 2.90. The van der Waals surface area contributed by atoms with E-state index in [0.29, 0.717) is 0 Å². The monoisotopic (exact) mass is 244 g/mol. The van der Waals surface area contributed by atoms with Crippen molar-refractivity contribution in [2.45, 2.75) is 6.42 Å². The van der Waals surface area contributed by atoms with Crippen LogP contribution in [0.1, 0.15) is 12.1 Å². The van der Waals surface area contributed by atoms with Crippen LogP contribution in [0.5, 0.6) is 0 Å². The Morgan fingerprint density at radius 2 is 2.06 bits per heavy atom. The number of hydrogen-bond acceptors (Lipinski definition) is 3. The molecule has 1 aromatic heterocycles. The minimum absolute atomic E-state index is 0.250. The molecule has 0 aliphatic carbocycles. The molecule has 0 bridgehead atoms. The van der Waals surface area contributed by atoms with E-state index in [-0.39, 0.29) is 5.82 Å². The molecule has 1 aliphatic rings. The molecule has 0 spiro atoms. The van der Waals surface area contributed by atoms with E-state index in [1.54, 1.807) is 16.8 Å². The van der Waals surface area contributed by atoms with E-state index < -0.39 is 0 Å².